The minimum absolute atomic E-state index is 0.0539. The third-order valence-corrected chi connectivity index (χ3v) is 2.15. The number of aromatic nitrogens is 1. The summed E-state index contributed by atoms with van der Waals surface area (Å²) in [7, 11) is 0. The molecular formula is C11H18N2O. The van der Waals surface area contributed by atoms with Gasteiger partial charge < -0.3 is 10.5 Å². The maximum Gasteiger partial charge on any atom is 0.213 e. The smallest absolute Gasteiger partial charge is 0.213 e. The molecule has 1 aromatic rings. The minimum atomic E-state index is 0.0539. The molecule has 0 aromatic carbocycles. The zero-order valence-electron chi connectivity index (χ0n) is 9.03. The van der Waals surface area contributed by atoms with Crippen LogP contribution in [-0.2, 0) is 0 Å². The van der Waals surface area contributed by atoms with Crippen LogP contribution >= 0.6 is 0 Å². The average molecular weight is 194 g/mol. The third-order valence-electron chi connectivity index (χ3n) is 2.15. The van der Waals surface area contributed by atoms with Gasteiger partial charge in [0.25, 0.3) is 0 Å². The van der Waals surface area contributed by atoms with Crippen molar-refractivity contribution in [3.8, 4) is 5.88 Å². The molecule has 1 unspecified atom stereocenters. The standard InChI is InChI=1S/C11H18N2O/c1-4-14-10-6-5-9(7-13-10)11(12)8(2)3/h5-8,11H,4,12H2,1-3H3. The van der Waals surface area contributed by atoms with Gasteiger partial charge in [0.1, 0.15) is 0 Å². The van der Waals surface area contributed by atoms with Crippen molar-refractivity contribution in [1.29, 1.82) is 0 Å². The maximum absolute atomic E-state index is 5.98. The van der Waals surface area contributed by atoms with E-state index in [4.69, 9.17) is 10.5 Å². The van der Waals surface area contributed by atoms with Gasteiger partial charge in [0.05, 0.1) is 6.61 Å². The highest BCUT2D eigenvalue weighted by Gasteiger charge is 2.10. The highest BCUT2D eigenvalue weighted by atomic mass is 16.5. The summed E-state index contributed by atoms with van der Waals surface area (Å²) in [5.74, 6) is 1.09. The topological polar surface area (TPSA) is 48.1 Å². The lowest BCUT2D eigenvalue weighted by molar-refractivity contribution is 0.326. The minimum Gasteiger partial charge on any atom is -0.478 e. The number of rotatable bonds is 4. The predicted molar refractivity (Wildman–Crippen MR) is 57.2 cm³/mol. The number of ether oxygens (including phenoxy) is 1. The van der Waals surface area contributed by atoms with Crippen LogP contribution in [-0.4, -0.2) is 11.6 Å². The fraction of sp³-hybridized carbons (Fsp3) is 0.545. The first-order valence-corrected chi connectivity index (χ1v) is 4.99. The van der Waals surface area contributed by atoms with Gasteiger partial charge in [-0.05, 0) is 18.4 Å². The first kappa shape index (κ1) is 11.0. The molecule has 0 saturated heterocycles. The van der Waals surface area contributed by atoms with Crippen LogP contribution in [0.5, 0.6) is 5.88 Å². The SMILES string of the molecule is CCOc1ccc(C(N)C(C)C)cn1. The Labute approximate surface area is 85.3 Å². The second-order valence-electron chi connectivity index (χ2n) is 3.63. The van der Waals surface area contributed by atoms with Crippen molar-refractivity contribution in [3.63, 3.8) is 0 Å². The summed E-state index contributed by atoms with van der Waals surface area (Å²) < 4.78 is 5.25. The van der Waals surface area contributed by atoms with Gasteiger partial charge in [0.2, 0.25) is 5.88 Å². The van der Waals surface area contributed by atoms with Crippen molar-refractivity contribution < 1.29 is 4.74 Å². The Bertz CT molecular complexity index is 269. The molecule has 3 heteroatoms. The monoisotopic (exact) mass is 194 g/mol. The second kappa shape index (κ2) is 4.96. The molecule has 0 bridgehead atoms. The van der Waals surface area contributed by atoms with Crippen LogP contribution in [0.2, 0.25) is 0 Å². The molecule has 0 amide bonds. The summed E-state index contributed by atoms with van der Waals surface area (Å²) >= 11 is 0. The maximum atomic E-state index is 5.98. The van der Waals surface area contributed by atoms with E-state index in [-0.39, 0.29) is 6.04 Å². The molecule has 2 N–H and O–H groups in total. The molecule has 78 valence electrons. The Kier molecular flexibility index (Phi) is 3.89. The van der Waals surface area contributed by atoms with Crippen LogP contribution in [0.25, 0.3) is 0 Å². The summed E-state index contributed by atoms with van der Waals surface area (Å²) in [5, 5.41) is 0. The molecule has 3 nitrogen and oxygen atoms in total. The van der Waals surface area contributed by atoms with Gasteiger partial charge in [-0.1, -0.05) is 19.9 Å². The van der Waals surface area contributed by atoms with Gasteiger partial charge >= 0.3 is 0 Å². The van der Waals surface area contributed by atoms with Crippen LogP contribution in [0.3, 0.4) is 0 Å². The lowest BCUT2D eigenvalue weighted by Gasteiger charge is -2.15. The molecule has 0 aliphatic heterocycles. The highest BCUT2D eigenvalue weighted by Crippen LogP contribution is 2.19. The van der Waals surface area contributed by atoms with E-state index in [2.05, 4.69) is 18.8 Å². The molecule has 0 spiro atoms. The van der Waals surface area contributed by atoms with Crippen LogP contribution in [0, 0.1) is 5.92 Å². The largest absolute Gasteiger partial charge is 0.478 e. The van der Waals surface area contributed by atoms with E-state index in [1.54, 1.807) is 6.20 Å². The summed E-state index contributed by atoms with van der Waals surface area (Å²) in [6.07, 6.45) is 1.79. The molecule has 1 heterocycles. The Morgan fingerprint density at radius 1 is 1.43 bits per heavy atom. The van der Waals surface area contributed by atoms with Gasteiger partial charge in [0, 0.05) is 18.3 Å². The average Bonchev–Trinajstić information content (AvgIpc) is 2.18. The number of pyridine rings is 1. The molecule has 1 rings (SSSR count). The van der Waals surface area contributed by atoms with E-state index in [1.165, 1.54) is 0 Å². The molecule has 0 aliphatic rings. The fourth-order valence-electron chi connectivity index (χ4n) is 1.21. The van der Waals surface area contributed by atoms with E-state index in [1.807, 2.05) is 19.1 Å². The Morgan fingerprint density at radius 3 is 2.57 bits per heavy atom. The van der Waals surface area contributed by atoms with Crippen molar-refractivity contribution in [2.75, 3.05) is 6.61 Å². The molecule has 0 aliphatic carbocycles. The molecule has 14 heavy (non-hydrogen) atoms. The lowest BCUT2D eigenvalue weighted by Crippen LogP contribution is -2.16. The summed E-state index contributed by atoms with van der Waals surface area (Å²) in [5.41, 5.74) is 7.04. The van der Waals surface area contributed by atoms with Gasteiger partial charge in [-0.15, -0.1) is 0 Å². The van der Waals surface area contributed by atoms with Crippen LogP contribution in [0.4, 0.5) is 0 Å². The highest BCUT2D eigenvalue weighted by molar-refractivity contribution is 5.20. The van der Waals surface area contributed by atoms with Gasteiger partial charge in [-0.2, -0.15) is 0 Å². The second-order valence-corrected chi connectivity index (χ2v) is 3.63. The van der Waals surface area contributed by atoms with Gasteiger partial charge in [-0.3, -0.25) is 0 Å². The van der Waals surface area contributed by atoms with Crippen molar-refractivity contribution in [2.45, 2.75) is 26.8 Å². The Morgan fingerprint density at radius 2 is 2.14 bits per heavy atom. The lowest BCUT2D eigenvalue weighted by atomic mass is 9.99. The Hall–Kier alpha value is -1.09. The predicted octanol–water partition coefficient (Wildman–Crippen LogP) is 2.14. The Balaban J connectivity index is 2.72. The normalized spacial score (nSPS) is 12.9. The van der Waals surface area contributed by atoms with E-state index >= 15 is 0 Å². The molecule has 1 aromatic heterocycles. The van der Waals surface area contributed by atoms with Crippen molar-refractivity contribution in [1.82, 2.24) is 4.98 Å². The first-order valence-electron chi connectivity index (χ1n) is 4.99. The summed E-state index contributed by atoms with van der Waals surface area (Å²) in [4.78, 5) is 4.17. The van der Waals surface area contributed by atoms with Crippen molar-refractivity contribution >= 4 is 0 Å². The van der Waals surface area contributed by atoms with Crippen LogP contribution < -0.4 is 10.5 Å². The molecule has 0 radical (unpaired) electrons. The van der Waals surface area contributed by atoms with Crippen molar-refractivity contribution in [3.05, 3.63) is 23.9 Å². The number of nitrogens with two attached hydrogens (primary N) is 1. The van der Waals surface area contributed by atoms with Crippen molar-refractivity contribution in [2.24, 2.45) is 11.7 Å². The zero-order valence-corrected chi connectivity index (χ0v) is 9.03. The zero-order chi connectivity index (χ0) is 10.6. The molecule has 0 saturated carbocycles. The molecular weight excluding hydrogens is 176 g/mol. The summed E-state index contributed by atoms with van der Waals surface area (Å²) in [6, 6.07) is 3.89. The number of hydrogen-bond donors (Lipinski definition) is 1. The van der Waals surface area contributed by atoms with Gasteiger partial charge in [-0.25, -0.2) is 4.98 Å². The van der Waals surface area contributed by atoms with E-state index in [9.17, 15) is 0 Å². The van der Waals surface area contributed by atoms with Crippen LogP contribution in [0.15, 0.2) is 18.3 Å². The quantitative estimate of drug-likeness (QED) is 0.798. The van der Waals surface area contributed by atoms with E-state index in [0.717, 1.165) is 5.56 Å². The number of nitrogens with zero attached hydrogens (tertiary/aromatic N) is 1. The van der Waals surface area contributed by atoms with E-state index < -0.39 is 0 Å². The number of hydrogen-bond acceptors (Lipinski definition) is 3. The fourth-order valence-corrected chi connectivity index (χ4v) is 1.21. The summed E-state index contributed by atoms with van der Waals surface area (Å²) in [6.45, 7) is 6.78. The first-order chi connectivity index (χ1) is 6.65. The third kappa shape index (κ3) is 2.70. The van der Waals surface area contributed by atoms with Gasteiger partial charge in [0.15, 0.2) is 0 Å². The molecule has 0 fully saturated rings. The van der Waals surface area contributed by atoms with Crippen LogP contribution in [0.1, 0.15) is 32.4 Å². The molecule has 1 atom stereocenters. The van der Waals surface area contributed by atoms with E-state index in [0.29, 0.717) is 18.4 Å².